The van der Waals surface area contributed by atoms with Gasteiger partial charge in [-0.2, -0.15) is 0 Å². The Hall–Kier alpha value is -3.14. The average molecular weight is 566 g/mol. The van der Waals surface area contributed by atoms with Gasteiger partial charge in [0.15, 0.2) is 11.5 Å². The van der Waals surface area contributed by atoms with Gasteiger partial charge in [-0.05, 0) is 41.9 Å². The maximum atomic E-state index is 12.6. The number of hydrogen-bond donors (Lipinski definition) is 1. The van der Waals surface area contributed by atoms with Crippen molar-refractivity contribution < 1.29 is 42.9 Å². The second-order valence-electron chi connectivity index (χ2n) is 10.9. The molecule has 1 rings (SSSR count). The van der Waals surface area contributed by atoms with Crippen LogP contribution in [0, 0.1) is 17.8 Å². The lowest BCUT2D eigenvalue weighted by atomic mass is 9.88. The van der Waals surface area contributed by atoms with Crippen LogP contribution in [0.3, 0.4) is 0 Å². The zero-order chi connectivity index (χ0) is 30.3. The summed E-state index contributed by atoms with van der Waals surface area (Å²) in [6.45, 7) is 11.9. The van der Waals surface area contributed by atoms with Gasteiger partial charge in [0.2, 0.25) is 0 Å². The van der Waals surface area contributed by atoms with Crippen LogP contribution >= 0.6 is 0 Å². The highest BCUT2D eigenvalue weighted by molar-refractivity contribution is 5.81. The molecule has 0 aliphatic heterocycles. The van der Waals surface area contributed by atoms with Crippen LogP contribution in [-0.2, 0) is 35.0 Å². The molecule has 0 aromatic heterocycles. The van der Waals surface area contributed by atoms with Crippen molar-refractivity contribution in [3.8, 4) is 11.5 Å². The van der Waals surface area contributed by atoms with E-state index in [0.717, 1.165) is 12.8 Å². The molecule has 0 aliphatic carbocycles. The SMILES string of the molecule is CCC(C)CC(=O)Oc1ccc(C[C@](N)(CCOC(=O)OCCC(C)C)C(=O)OC)cc1OC(=O)CC(C)CC. The van der Waals surface area contributed by atoms with Crippen LogP contribution in [0.4, 0.5) is 4.79 Å². The Morgan fingerprint density at radius 2 is 1.40 bits per heavy atom. The molecule has 10 heteroatoms. The molecule has 0 bridgehead atoms. The maximum Gasteiger partial charge on any atom is 0.508 e. The van der Waals surface area contributed by atoms with Crippen LogP contribution in [0.1, 0.15) is 85.6 Å². The first kappa shape index (κ1) is 34.9. The van der Waals surface area contributed by atoms with Crippen LogP contribution < -0.4 is 15.2 Å². The molecule has 226 valence electrons. The van der Waals surface area contributed by atoms with E-state index in [4.69, 9.17) is 29.4 Å². The van der Waals surface area contributed by atoms with Crippen molar-refractivity contribution in [3.63, 3.8) is 0 Å². The minimum absolute atomic E-state index is 0.0254. The van der Waals surface area contributed by atoms with Crippen molar-refractivity contribution in [2.24, 2.45) is 23.5 Å². The molecule has 0 heterocycles. The Morgan fingerprint density at radius 1 is 0.850 bits per heavy atom. The third-order valence-corrected chi connectivity index (χ3v) is 6.67. The third kappa shape index (κ3) is 12.8. The zero-order valence-electron chi connectivity index (χ0n) is 25.1. The molecule has 0 saturated carbocycles. The highest BCUT2D eigenvalue weighted by Crippen LogP contribution is 2.32. The number of carbonyl (C=O) groups excluding carboxylic acids is 4. The van der Waals surface area contributed by atoms with E-state index in [-0.39, 0.29) is 62.2 Å². The lowest BCUT2D eigenvalue weighted by Gasteiger charge is -2.26. The van der Waals surface area contributed by atoms with Gasteiger partial charge in [-0.3, -0.25) is 14.4 Å². The predicted octanol–water partition coefficient (Wildman–Crippen LogP) is 5.37. The van der Waals surface area contributed by atoms with E-state index >= 15 is 0 Å². The Bertz CT molecular complexity index is 978. The normalized spacial score (nSPS) is 14.0. The van der Waals surface area contributed by atoms with Crippen molar-refractivity contribution in [3.05, 3.63) is 23.8 Å². The van der Waals surface area contributed by atoms with Crippen LogP contribution in [-0.4, -0.2) is 49.9 Å². The van der Waals surface area contributed by atoms with Crippen molar-refractivity contribution in [1.82, 2.24) is 0 Å². The van der Waals surface area contributed by atoms with Gasteiger partial charge in [0.05, 0.1) is 20.3 Å². The van der Waals surface area contributed by atoms with Gasteiger partial charge >= 0.3 is 24.1 Å². The fourth-order valence-corrected chi connectivity index (χ4v) is 3.58. The summed E-state index contributed by atoms with van der Waals surface area (Å²) in [5.74, 6) is -0.843. The summed E-state index contributed by atoms with van der Waals surface area (Å²) in [6.07, 6.45) is 1.81. The number of hydrogen-bond acceptors (Lipinski definition) is 10. The summed E-state index contributed by atoms with van der Waals surface area (Å²) < 4.78 is 26.2. The smallest absolute Gasteiger partial charge is 0.468 e. The van der Waals surface area contributed by atoms with E-state index in [2.05, 4.69) is 0 Å². The number of rotatable bonds is 17. The third-order valence-electron chi connectivity index (χ3n) is 6.67. The molecule has 0 saturated heterocycles. The largest absolute Gasteiger partial charge is 0.508 e. The van der Waals surface area contributed by atoms with Crippen LogP contribution in [0.15, 0.2) is 18.2 Å². The number of methoxy groups -OCH3 is 1. The molecule has 0 amide bonds. The molecule has 1 aromatic carbocycles. The van der Waals surface area contributed by atoms with Crippen molar-refractivity contribution in [2.45, 2.75) is 92.0 Å². The monoisotopic (exact) mass is 565 g/mol. The maximum absolute atomic E-state index is 12.6. The van der Waals surface area contributed by atoms with Gasteiger partial charge in [-0.25, -0.2) is 4.79 Å². The minimum Gasteiger partial charge on any atom is -0.468 e. The molecule has 0 radical (unpaired) electrons. The molecule has 2 N–H and O–H groups in total. The van der Waals surface area contributed by atoms with Crippen LogP contribution in [0.25, 0.3) is 0 Å². The minimum atomic E-state index is -1.56. The topological polar surface area (TPSA) is 140 Å². The number of carbonyl (C=O) groups is 4. The molecule has 10 nitrogen and oxygen atoms in total. The van der Waals surface area contributed by atoms with Crippen LogP contribution in [0.2, 0.25) is 0 Å². The van der Waals surface area contributed by atoms with E-state index in [1.54, 1.807) is 6.07 Å². The zero-order valence-corrected chi connectivity index (χ0v) is 25.1. The Labute approximate surface area is 238 Å². The highest BCUT2D eigenvalue weighted by atomic mass is 16.7. The van der Waals surface area contributed by atoms with Gasteiger partial charge in [0.1, 0.15) is 5.54 Å². The number of nitrogens with two attached hydrogens (primary N) is 1. The van der Waals surface area contributed by atoms with Crippen molar-refractivity contribution in [2.75, 3.05) is 20.3 Å². The van der Waals surface area contributed by atoms with Gasteiger partial charge < -0.3 is 29.4 Å². The standard InChI is InChI=1S/C30H47NO9/c1-8-21(5)16-26(32)39-24-11-10-23(18-25(24)40-27(33)17-22(6)9-2)19-30(31,28(34)36-7)13-15-38-29(35)37-14-12-20(3)4/h10-11,18,20-22H,8-9,12-17,19,31H2,1-7H3/t21?,22?,30-/m1/s1. The van der Waals surface area contributed by atoms with Crippen LogP contribution in [0.5, 0.6) is 11.5 Å². The molecule has 0 aliphatic rings. The quantitative estimate of drug-likeness (QED) is 0.193. The molecule has 0 spiro atoms. The van der Waals surface area contributed by atoms with Gasteiger partial charge in [-0.1, -0.05) is 60.5 Å². The summed E-state index contributed by atoms with van der Waals surface area (Å²) in [6, 6.07) is 4.66. The van der Waals surface area contributed by atoms with Gasteiger partial charge in [0.25, 0.3) is 0 Å². The molecule has 2 unspecified atom stereocenters. The molecule has 0 fully saturated rings. The molecule has 1 aromatic rings. The second-order valence-corrected chi connectivity index (χ2v) is 10.9. The number of esters is 3. The molecule has 3 atom stereocenters. The Morgan fingerprint density at radius 3 is 1.93 bits per heavy atom. The summed E-state index contributed by atoms with van der Waals surface area (Å²) in [5, 5.41) is 0. The summed E-state index contributed by atoms with van der Waals surface area (Å²) in [7, 11) is 1.22. The molecular formula is C30H47NO9. The van der Waals surface area contributed by atoms with Gasteiger partial charge in [0, 0.05) is 25.7 Å². The first-order valence-corrected chi connectivity index (χ1v) is 14.0. The lowest BCUT2D eigenvalue weighted by molar-refractivity contribution is -0.147. The second kappa shape index (κ2) is 17.5. The summed E-state index contributed by atoms with van der Waals surface area (Å²) >= 11 is 0. The first-order valence-electron chi connectivity index (χ1n) is 14.0. The van der Waals surface area contributed by atoms with E-state index in [1.165, 1.54) is 19.2 Å². The van der Waals surface area contributed by atoms with E-state index in [9.17, 15) is 19.2 Å². The van der Waals surface area contributed by atoms with E-state index < -0.39 is 29.6 Å². The Balaban J connectivity index is 3.10. The lowest BCUT2D eigenvalue weighted by Crippen LogP contribution is -2.51. The van der Waals surface area contributed by atoms with E-state index in [0.29, 0.717) is 17.9 Å². The Kier molecular flexibility index (Phi) is 15.3. The first-order chi connectivity index (χ1) is 18.8. The van der Waals surface area contributed by atoms with Crippen molar-refractivity contribution >= 4 is 24.1 Å². The van der Waals surface area contributed by atoms with E-state index in [1.807, 2.05) is 41.5 Å². The van der Waals surface area contributed by atoms with Crippen molar-refractivity contribution in [1.29, 1.82) is 0 Å². The summed E-state index contributed by atoms with van der Waals surface area (Å²) in [5.41, 5.74) is 5.41. The average Bonchev–Trinajstić information content (AvgIpc) is 2.89. The van der Waals surface area contributed by atoms with Gasteiger partial charge in [-0.15, -0.1) is 0 Å². The predicted molar refractivity (Wildman–Crippen MR) is 150 cm³/mol. The fraction of sp³-hybridized carbons (Fsp3) is 0.667. The number of benzene rings is 1. The summed E-state index contributed by atoms with van der Waals surface area (Å²) in [4.78, 5) is 49.6. The molecular weight excluding hydrogens is 518 g/mol. The molecule has 40 heavy (non-hydrogen) atoms. The number of ether oxygens (including phenoxy) is 5. The fourth-order valence-electron chi connectivity index (χ4n) is 3.58. The highest BCUT2D eigenvalue weighted by Gasteiger charge is 2.36.